The van der Waals surface area contributed by atoms with E-state index in [-0.39, 0.29) is 39.3 Å². The van der Waals surface area contributed by atoms with Crippen LogP contribution in [0, 0.1) is 34.5 Å². The summed E-state index contributed by atoms with van der Waals surface area (Å²) in [5, 5.41) is 2.38. The average molecular weight is 509 g/mol. The zero-order valence-electron chi connectivity index (χ0n) is 20.3. The molecule has 4 aliphatic rings. The Kier molecular flexibility index (Phi) is 5.82. The van der Waals surface area contributed by atoms with Crippen molar-refractivity contribution in [3.63, 3.8) is 0 Å². The maximum absolute atomic E-state index is 13.4. The molecule has 1 aliphatic heterocycles. The zero-order valence-corrected chi connectivity index (χ0v) is 21.1. The second-order valence-electron chi connectivity index (χ2n) is 11.4. The summed E-state index contributed by atoms with van der Waals surface area (Å²) in [5.41, 5.74) is 0.129. The Morgan fingerprint density at radius 2 is 1.89 bits per heavy atom. The normalized spacial score (nSPS) is 36.7. The highest BCUT2D eigenvalue weighted by atomic mass is 35.5. The molecule has 2 amide bonds. The van der Waals surface area contributed by atoms with Gasteiger partial charge in [-0.25, -0.2) is 0 Å². The van der Waals surface area contributed by atoms with Gasteiger partial charge in [0.15, 0.2) is 0 Å². The topological polar surface area (TPSA) is 49.4 Å². The van der Waals surface area contributed by atoms with Gasteiger partial charge in [-0.2, -0.15) is 13.2 Å². The Morgan fingerprint density at radius 3 is 2.60 bits per heavy atom. The number of fused-ring (bicyclic) bond motifs is 5. The van der Waals surface area contributed by atoms with Crippen molar-refractivity contribution in [3.05, 3.63) is 40.6 Å². The number of piperidine rings is 1. The third kappa shape index (κ3) is 3.80. The fourth-order valence-corrected chi connectivity index (χ4v) is 8.29. The number of likely N-dealkylation sites (tertiary alicyclic amines) is 1. The molecule has 1 aromatic rings. The van der Waals surface area contributed by atoms with Crippen molar-refractivity contribution in [2.45, 2.75) is 65.0 Å². The molecule has 4 nitrogen and oxygen atoms in total. The van der Waals surface area contributed by atoms with Gasteiger partial charge >= 0.3 is 6.18 Å². The zero-order chi connectivity index (χ0) is 25.3. The largest absolute Gasteiger partial charge is 0.417 e. The Balaban J connectivity index is 1.37. The molecule has 0 spiro atoms. The molecule has 0 radical (unpaired) electrons. The van der Waals surface area contributed by atoms with Gasteiger partial charge < -0.3 is 10.2 Å². The fourth-order valence-electron chi connectivity index (χ4n) is 8.06. The molecule has 1 N–H and O–H groups in total. The second kappa shape index (κ2) is 8.25. The quantitative estimate of drug-likeness (QED) is 0.472. The third-order valence-electron chi connectivity index (χ3n) is 9.87. The van der Waals surface area contributed by atoms with Crippen LogP contribution in [0.15, 0.2) is 30.0 Å². The van der Waals surface area contributed by atoms with Crippen molar-refractivity contribution >= 4 is 29.1 Å². The number of allylic oxidation sites excluding steroid dienone is 2. The number of benzene rings is 1. The number of alkyl halides is 3. The number of amides is 2. The van der Waals surface area contributed by atoms with Crippen LogP contribution in [0.1, 0.15) is 64.4 Å². The van der Waals surface area contributed by atoms with E-state index in [1.807, 2.05) is 11.9 Å². The van der Waals surface area contributed by atoms with Crippen LogP contribution in [0.25, 0.3) is 0 Å². The number of carbonyl (C=O) groups excluding carboxylic acids is 2. The third-order valence-corrected chi connectivity index (χ3v) is 10.2. The molecule has 0 aromatic heterocycles. The predicted molar refractivity (Wildman–Crippen MR) is 128 cm³/mol. The summed E-state index contributed by atoms with van der Waals surface area (Å²) in [5.74, 6) is 1.04. The van der Waals surface area contributed by atoms with Gasteiger partial charge in [0.05, 0.1) is 10.6 Å². The molecule has 3 aliphatic carbocycles. The molecule has 0 bridgehead atoms. The minimum Gasteiger partial charge on any atom is -0.326 e. The van der Waals surface area contributed by atoms with Crippen LogP contribution < -0.4 is 5.32 Å². The van der Waals surface area contributed by atoms with Crippen LogP contribution >= 0.6 is 11.6 Å². The number of carbonyl (C=O) groups is 2. The molecule has 35 heavy (non-hydrogen) atoms. The van der Waals surface area contributed by atoms with Crippen molar-refractivity contribution in [2.24, 2.45) is 34.5 Å². The smallest absolute Gasteiger partial charge is 0.326 e. The molecule has 1 saturated heterocycles. The molecule has 1 heterocycles. The number of nitrogens with zero attached hydrogens (tertiary/aromatic N) is 1. The van der Waals surface area contributed by atoms with E-state index in [9.17, 15) is 22.8 Å². The van der Waals surface area contributed by atoms with Crippen LogP contribution in [-0.4, -0.2) is 23.8 Å². The average Bonchev–Trinajstić information content (AvgIpc) is 3.14. The van der Waals surface area contributed by atoms with Gasteiger partial charge in [0.1, 0.15) is 0 Å². The number of hydrogen-bond donors (Lipinski definition) is 1. The Labute approximate surface area is 209 Å². The van der Waals surface area contributed by atoms with Gasteiger partial charge in [0, 0.05) is 36.2 Å². The van der Waals surface area contributed by atoms with Crippen LogP contribution in [0.2, 0.25) is 5.02 Å². The lowest BCUT2D eigenvalue weighted by molar-refractivity contribution is -0.137. The van der Waals surface area contributed by atoms with Gasteiger partial charge in [-0.3, -0.25) is 9.59 Å². The summed E-state index contributed by atoms with van der Waals surface area (Å²) in [6.07, 6.45) is 3.61. The molecule has 6 atom stereocenters. The summed E-state index contributed by atoms with van der Waals surface area (Å²) < 4.78 is 39.8. The second-order valence-corrected chi connectivity index (χ2v) is 11.8. The van der Waals surface area contributed by atoms with E-state index in [0.717, 1.165) is 50.3 Å². The van der Waals surface area contributed by atoms with E-state index >= 15 is 0 Å². The van der Waals surface area contributed by atoms with Crippen molar-refractivity contribution in [1.29, 1.82) is 0 Å². The fraction of sp³-hybridized carbons (Fsp3) is 0.630. The summed E-state index contributed by atoms with van der Waals surface area (Å²) in [6, 6.07) is 3.53. The van der Waals surface area contributed by atoms with Crippen molar-refractivity contribution in [1.82, 2.24) is 4.90 Å². The van der Waals surface area contributed by atoms with Crippen molar-refractivity contribution < 1.29 is 22.8 Å². The lowest BCUT2D eigenvalue weighted by Gasteiger charge is -2.58. The SMILES string of the molecule is CN1C(=O)CC[C@@]2(C)C1=CC[C@@H]1[C@H]2CC[C@]2(C)C(C(=O)Nc3ccc(Cl)c(C(F)(F)F)c3)CC[C@@H]12. The number of rotatable bonds is 2. The standard InChI is InChI=1S/C27H32ClF3N2O2/c1-25-12-10-18-16(5-9-22-26(18,2)13-11-23(34)33(22)3)17(25)6-7-19(25)24(35)32-15-4-8-21(28)20(14-15)27(29,30)31/h4,8-9,14,16-19H,5-7,10-13H2,1-3H3,(H,32,35)/t16-,17-,18+,19?,25-,26+/m0/s1. The Hall–Kier alpha value is -2.02. The number of halogens is 4. The van der Waals surface area contributed by atoms with Crippen LogP contribution in [0.3, 0.4) is 0 Å². The maximum Gasteiger partial charge on any atom is 0.417 e. The summed E-state index contributed by atoms with van der Waals surface area (Å²) in [7, 11) is 1.88. The van der Waals surface area contributed by atoms with Gasteiger partial charge in [-0.1, -0.05) is 31.5 Å². The molecular weight excluding hydrogens is 477 g/mol. The number of anilines is 1. The Bertz CT molecular complexity index is 1100. The van der Waals surface area contributed by atoms with E-state index in [1.165, 1.54) is 12.1 Å². The van der Waals surface area contributed by atoms with Crippen LogP contribution in [0.5, 0.6) is 0 Å². The molecule has 8 heteroatoms. The minimum atomic E-state index is -4.58. The first-order chi connectivity index (χ1) is 16.4. The highest BCUT2D eigenvalue weighted by Gasteiger charge is 2.60. The van der Waals surface area contributed by atoms with Gasteiger partial charge in [-0.15, -0.1) is 0 Å². The molecule has 3 fully saturated rings. The van der Waals surface area contributed by atoms with Gasteiger partial charge in [0.25, 0.3) is 0 Å². The first-order valence-corrected chi connectivity index (χ1v) is 12.9. The lowest BCUT2D eigenvalue weighted by atomic mass is 9.49. The summed E-state index contributed by atoms with van der Waals surface area (Å²) in [4.78, 5) is 27.5. The first-order valence-electron chi connectivity index (χ1n) is 12.5. The summed E-state index contributed by atoms with van der Waals surface area (Å²) in [6.45, 7) is 4.51. The van der Waals surface area contributed by atoms with E-state index in [0.29, 0.717) is 24.2 Å². The number of nitrogens with one attached hydrogen (secondary N) is 1. The van der Waals surface area contributed by atoms with Gasteiger partial charge in [-0.05, 0) is 79.9 Å². The molecule has 1 aromatic carbocycles. The van der Waals surface area contributed by atoms with Crippen LogP contribution in [0.4, 0.5) is 18.9 Å². The van der Waals surface area contributed by atoms with Crippen LogP contribution in [-0.2, 0) is 15.8 Å². The highest BCUT2D eigenvalue weighted by Crippen LogP contribution is 2.66. The van der Waals surface area contributed by atoms with E-state index in [2.05, 4.69) is 25.2 Å². The minimum absolute atomic E-state index is 0.0233. The lowest BCUT2D eigenvalue weighted by Crippen LogP contribution is -2.54. The molecule has 190 valence electrons. The predicted octanol–water partition coefficient (Wildman–Crippen LogP) is 6.90. The first kappa shape index (κ1) is 24.7. The molecule has 1 unspecified atom stereocenters. The molecule has 2 saturated carbocycles. The van der Waals surface area contributed by atoms with E-state index < -0.39 is 11.7 Å². The summed E-state index contributed by atoms with van der Waals surface area (Å²) >= 11 is 5.74. The van der Waals surface area contributed by atoms with Crippen molar-refractivity contribution in [3.8, 4) is 0 Å². The molecule has 5 rings (SSSR count). The maximum atomic E-state index is 13.4. The van der Waals surface area contributed by atoms with Crippen molar-refractivity contribution in [2.75, 3.05) is 12.4 Å². The van der Waals surface area contributed by atoms with E-state index in [4.69, 9.17) is 11.6 Å². The Morgan fingerprint density at radius 1 is 1.14 bits per heavy atom. The highest BCUT2D eigenvalue weighted by molar-refractivity contribution is 6.31. The monoisotopic (exact) mass is 508 g/mol. The van der Waals surface area contributed by atoms with Gasteiger partial charge in [0.2, 0.25) is 11.8 Å². The number of hydrogen-bond acceptors (Lipinski definition) is 2. The molecular formula is C27H32ClF3N2O2. The van der Waals surface area contributed by atoms with E-state index in [1.54, 1.807) is 0 Å².